The van der Waals surface area contributed by atoms with E-state index in [1.807, 2.05) is 11.0 Å². The summed E-state index contributed by atoms with van der Waals surface area (Å²) >= 11 is 0. The minimum atomic E-state index is -0.196. The van der Waals surface area contributed by atoms with Gasteiger partial charge in [-0.1, -0.05) is 24.3 Å². The molecular formula is C26H34FN3O2. The normalized spacial score (nSPS) is 27.5. The first kappa shape index (κ1) is 21.6. The van der Waals surface area contributed by atoms with E-state index < -0.39 is 0 Å². The summed E-state index contributed by atoms with van der Waals surface area (Å²) in [5.41, 5.74) is 1.12. The number of allylic oxidation sites excluding steroid dienone is 2. The van der Waals surface area contributed by atoms with Crippen LogP contribution in [0.25, 0.3) is 0 Å². The van der Waals surface area contributed by atoms with E-state index in [-0.39, 0.29) is 23.1 Å². The van der Waals surface area contributed by atoms with Gasteiger partial charge in [-0.3, -0.25) is 14.5 Å². The molecule has 5 nitrogen and oxygen atoms in total. The fourth-order valence-electron chi connectivity index (χ4n) is 5.94. The van der Waals surface area contributed by atoms with Crippen LogP contribution in [-0.4, -0.2) is 65.8 Å². The number of benzene rings is 1. The van der Waals surface area contributed by atoms with Crippen LogP contribution in [0.15, 0.2) is 36.4 Å². The van der Waals surface area contributed by atoms with E-state index in [1.165, 1.54) is 6.07 Å². The Balaban J connectivity index is 1.08. The Morgan fingerprint density at radius 1 is 0.969 bits per heavy atom. The molecule has 1 saturated carbocycles. The van der Waals surface area contributed by atoms with Gasteiger partial charge in [0.05, 0.1) is 0 Å². The summed E-state index contributed by atoms with van der Waals surface area (Å²) in [7, 11) is 0. The van der Waals surface area contributed by atoms with Crippen molar-refractivity contribution in [3.63, 3.8) is 0 Å². The molecule has 2 atom stereocenters. The topological polar surface area (TPSA) is 43.9 Å². The summed E-state index contributed by atoms with van der Waals surface area (Å²) in [6.07, 6.45) is 10.1. The van der Waals surface area contributed by atoms with Gasteiger partial charge in [-0.15, -0.1) is 0 Å². The molecule has 32 heavy (non-hydrogen) atoms. The number of carbonyl (C=O) groups is 2. The second-order valence-electron chi connectivity index (χ2n) is 10.2. The molecular weight excluding hydrogens is 405 g/mol. The Morgan fingerprint density at radius 2 is 1.72 bits per heavy atom. The van der Waals surface area contributed by atoms with Gasteiger partial charge in [0.25, 0.3) is 0 Å². The molecule has 0 aromatic heterocycles. The Bertz CT molecular complexity index is 885. The van der Waals surface area contributed by atoms with Crippen LogP contribution < -0.4 is 0 Å². The second-order valence-corrected chi connectivity index (χ2v) is 10.2. The maximum Gasteiger partial charge on any atom is 0.226 e. The SMILES string of the molecule is O=C([C@H]1CC=CCC1)N1CCC2(CC1)C[C@H]2C(=O)N1CCN(Cc2cccc(F)c2)CC1. The molecule has 6 heteroatoms. The number of piperazine rings is 1. The molecule has 0 unspecified atom stereocenters. The molecule has 5 rings (SSSR count). The highest BCUT2D eigenvalue weighted by Crippen LogP contribution is 2.60. The van der Waals surface area contributed by atoms with Crippen molar-refractivity contribution in [3.8, 4) is 0 Å². The zero-order chi connectivity index (χ0) is 22.1. The Kier molecular flexibility index (Phi) is 6.06. The zero-order valence-corrected chi connectivity index (χ0v) is 18.8. The number of hydrogen-bond acceptors (Lipinski definition) is 3. The average molecular weight is 440 g/mol. The highest BCUT2D eigenvalue weighted by atomic mass is 19.1. The highest BCUT2D eigenvalue weighted by Gasteiger charge is 2.59. The van der Waals surface area contributed by atoms with Crippen molar-refractivity contribution in [2.75, 3.05) is 39.3 Å². The number of likely N-dealkylation sites (tertiary alicyclic amines) is 1. The van der Waals surface area contributed by atoms with Crippen LogP contribution in [0, 0.1) is 23.1 Å². The smallest absolute Gasteiger partial charge is 0.226 e. The molecule has 4 aliphatic rings. The Hall–Kier alpha value is -2.21. The van der Waals surface area contributed by atoms with Crippen molar-refractivity contribution in [2.45, 2.75) is 45.1 Å². The molecule has 1 spiro atoms. The van der Waals surface area contributed by atoms with E-state index in [0.29, 0.717) is 11.8 Å². The van der Waals surface area contributed by atoms with E-state index >= 15 is 0 Å². The van der Waals surface area contributed by atoms with Gasteiger partial charge in [-0.05, 0) is 61.6 Å². The van der Waals surface area contributed by atoms with Crippen LogP contribution in [0.4, 0.5) is 4.39 Å². The third kappa shape index (κ3) is 4.47. The van der Waals surface area contributed by atoms with E-state index in [2.05, 4.69) is 22.0 Å². The fourth-order valence-corrected chi connectivity index (χ4v) is 5.94. The first-order valence-electron chi connectivity index (χ1n) is 12.2. The summed E-state index contributed by atoms with van der Waals surface area (Å²) in [5.74, 6) is 0.745. The molecule has 0 bridgehead atoms. The molecule has 2 aliphatic heterocycles. The lowest BCUT2D eigenvalue weighted by Gasteiger charge is -2.37. The van der Waals surface area contributed by atoms with Gasteiger partial charge in [-0.25, -0.2) is 4.39 Å². The molecule has 172 valence electrons. The summed E-state index contributed by atoms with van der Waals surface area (Å²) in [6, 6.07) is 6.77. The predicted octanol–water partition coefficient (Wildman–Crippen LogP) is 3.45. The van der Waals surface area contributed by atoms with Crippen LogP contribution in [0.1, 0.15) is 44.1 Å². The largest absolute Gasteiger partial charge is 0.342 e. The van der Waals surface area contributed by atoms with Crippen LogP contribution >= 0.6 is 0 Å². The van der Waals surface area contributed by atoms with E-state index in [0.717, 1.165) is 89.9 Å². The number of amides is 2. The van der Waals surface area contributed by atoms with Crippen LogP contribution in [-0.2, 0) is 16.1 Å². The maximum absolute atomic E-state index is 13.4. The van der Waals surface area contributed by atoms with Gasteiger partial charge >= 0.3 is 0 Å². The lowest BCUT2D eigenvalue weighted by atomic mass is 9.88. The van der Waals surface area contributed by atoms with Gasteiger partial charge < -0.3 is 9.80 Å². The van der Waals surface area contributed by atoms with Gasteiger partial charge in [0.2, 0.25) is 11.8 Å². The van der Waals surface area contributed by atoms with Crippen LogP contribution in [0.5, 0.6) is 0 Å². The van der Waals surface area contributed by atoms with Crippen molar-refractivity contribution in [1.29, 1.82) is 0 Å². The molecule has 0 N–H and O–H groups in total. The van der Waals surface area contributed by atoms with Crippen molar-refractivity contribution in [2.24, 2.45) is 17.3 Å². The van der Waals surface area contributed by atoms with Crippen molar-refractivity contribution in [1.82, 2.24) is 14.7 Å². The number of piperidine rings is 1. The number of hydrogen-bond donors (Lipinski definition) is 0. The van der Waals surface area contributed by atoms with Crippen molar-refractivity contribution < 1.29 is 14.0 Å². The minimum absolute atomic E-state index is 0.138. The molecule has 2 saturated heterocycles. The Labute approximate surface area is 190 Å². The third-order valence-electron chi connectivity index (χ3n) is 8.16. The van der Waals surface area contributed by atoms with E-state index in [4.69, 9.17) is 0 Å². The van der Waals surface area contributed by atoms with Crippen LogP contribution in [0.2, 0.25) is 0 Å². The number of nitrogens with zero attached hydrogens (tertiary/aromatic N) is 3. The lowest BCUT2D eigenvalue weighted by Crippen LogP contribution is -2.49. The van der Waals surface area contributed by atoms with E-state index in [9.17, 15) is 14.0 Å². The first-order chi connectivity index (χ1) is 15.5. The van der Waals surface area contributed by atoms with Crippen molar-refractivity contribution in [3.05, 3.63) is 47.8 Å². The number of rotatable bonds is 4. The third-order valence-corrected chi connectivity index (χ3v) is 8.16. The quantitative estimate of drug-likeness (QED) is 0.675. The number of halogens is 1. The van der Waals surface area contributed by atoms with Gasteiger partial charge in [0, 0.05) is 57.6 Å². The molecule has 2 aliphatic carbocycles. The highest BCUT2D eigenvalue weighted by molar-refractivity contribution is 5.83. The van der Waals surface area contributed by atoms with Crippen molar-refractivity contribution >= 4 is 11.8 Å². The average Bonchev–Trinajstić information content (AvgIpc) is 3.52. The lowest BCUT2D eigenvalue weighted by molar-refractivity contribution is -0.138. The molecule has 3 fully saturated rings. The minimum Gasteiger partial charge on any atom is -0.342 e. The fraction of sp³-hybridized carbons (Fsp3) is 0.615. The summed E-state index contributed by atoms with van der Waals surface area (Å²) in [5, 5.41) is 0. The predicted molar refractivity (Wildman–Crippen MR) is 121 cm³/mol. The molecule has 1 aromatic carbocycles. The number of carbonyl (C=O) groups excluding carboxylic acids is 2. The van der Waals surface area contributed by atoms with Gasteiger partial charge in [0.1, 0.15) is 5.82 Å². The molecule has 0 radical (unpaired) electrons. The van der Waals surface area contributed by atoms with Gasteiger partial charge in [-0.2, -0.15) is 0 Å². The van der Waals surface area contributed by atoms with Crippen LogP contribution in [0.3, 0.4) is 0 Å². The second kappa shape index (κ2) is 8.97. The zero-order valence-electron chi connectivity index (χ0n) is 18.8. The van der Waals surface area contributed by atoms with E-state index in [1.54, 1.807) is 12.1 Å². The molecule has 1 aromatic rings. The standard InChI is InChI=1S/C26H34FN3O2/c27-22-8-4-5-20(17-22)19-28-13-15-30(16-14-28)25(32)23-18-26(23)9-11-29(12-10-26)24(31)21-6-2-1-3-7-21/h1-2,4-5,8,17,21,23H,3,6-7,9-16,18-19H2/t21-,23-/m0/s1. The van der Waals surface area contributed by atoms with Gasteiger partial charge in [0.15, 0.2) is 0 Å². The summed E-state index contributed by atoms with van der Waals surface area (Å²) in [4.78, 5) is 32.4. The molecule has 2 amide bonds. The summed E-state index contributed by atoms with van der Waals surface area (Å²) < 4.78 is 13.4. The summed E-state index contributed by atoms with van der Waals surface area (Å²) in [6.45, 7) is 5.52. The first-order valence-corrected chi connectivity index (χ1v) is 12.2. The molecule has 2 heterocycles. The monoisotopic (exact) mass is 439 g/mol. The Morgan fingerprint density at radius 3 is 2.41 bits per heavy atom. The maximum atomic E-state index is 13.4.